The topological polar surface area (TPSA) is 91.1 Å². The summed E-state index contributed by atoms with van der Waals surface area (Å²) in [6, 6.07) is 8.90. The van der Waals surface area contributed by atoms with Gasteiger partial charge in [0.15, 0.2) is 21.4 Å². The maximum atomic E-state index is 14.3. The number of para-hydroxylation sites is 1. The predicted molar refractivity (Wildman–Crippen MR) is 114 cm³/mol. The van der Waals surface area contributed by atoms with Crippen LogP contribution in [0.3, 0.4) is 0 Å². The zero-order valence-electron chi connectivity index (χ0n) is 17.2. The van der Waals surface area contributed by atoms with Gasteiger partial charge in [-0.2, -0.15) is 9.97 Å². The van der Waals surface area contributed by atoms with E-state index in [0.29, 0.717) is 16.8 Å². The molecule has 4 rings (SSSR count). The molecule has 0 atom stereocenters. The van der Waals surface area contributed by atoms with Crippen molar-refractivity contribution < 1.29 is 17.5 Å². The lowest BCUT2D eigenvalue weighted by molar-refractivity contribution is 0.407. The van der Waals surface area contributed by atoms with Crippen LogP contribution in [0.5, 0.6) is 11.8 Å². The smallest absolute Gasteiger partial charge is 0.322 e. The van der Waals surface area contributed by atoms with Gasteiger partial charge in [0.25, 0.3) is 0 Å². The molecule has 1 aliphatic rings. The molecule has 0 amide bonds. The van der Waals surface area contributed by atoms with Gasteiger partial charge in [-0.1, -0.05) is 12.1 Å². The number of aromatic nitrogens is 3. The van der Waals surface area contributed by atoms with E-state index in [0.717, 1.165) is 12.8 Å². The Labute approximate surface area is 179 Å². The Balaban J connectivity index is 1.75. The van der Waals surface area contributed by atoms with Crippen molar-refractivity contribution in [3.8, 4) is 23.0 Å². The molecule has 0 saturated heterocycles. The molecular formula is C22H22FN3O4S. The molecular weight excluding hydrogens is 421 g/mol. The molecule has 31 heavy (non-hydrogen) atoms. The zero-order chi connectivity index (χ0) is 22.2. The largest absolute Gasteiger partial charge is 0.421 e. The second-order valence-electron chi connectivity index (χ2n) is 7.88. The Morgan fingerprint density at radius 3 is 2.65 bits per heavy atom. The van der Waals surface area contributed by atoms with Crippen molar-refractivity contribution in [2.75, 3.05) is 5.75 Å². The number of nitrogens with zero attached hydrogens (tertiary/aromatic N) is 3. The highest BCUT2D eigenvalue weighted by Gasteiger charge is 2.28. The molecule has 3 aromatic rings. The Hall–Kier alpha value is -3.07. The van der Waals surface area contributed by atoms with Gasteiger partial charge >= 0.3 is 6.01 Å². The van der Waals surface area contributed by atoms with E-state index >= 15 is 0 Å². The minimum absolute atomic E-state index is 0.0214. The van der Waals surface area contributed by atoms with Crippen LogP contribution >= 0.6 is 0 Å². The van der Waals surface area contributed by atoms with Crippen molar-refractivity contribution in [2.45, 2.75) is 25.5 Å². The van der Waals surface area contributed by atoms with Crippen LogP contribution in [0, 0.1) is 18.7 Å². The van der Waals surface area contributed by atoms with E-state index in [1.54, 1.807) is 44.4 Å². The van der Waals surface area contributed by atoms with Crippen molar-refractivity contribution in [3.63, 3.8) is 0 Å². The maximum Gasteiger partial charge on any atom is 0.322 e. The summed E-state index contributed by atoms with van der Waals surface area (Å²) in [6.07, 6.45) is 3.44. The fourth-order valence-corrected chi connectivity index (χ4v) is 5.02. The molecule has 0 spiro atoms. The quantitative estimate of drug-likeness (QED) is 0.556. The van der Waals surface area contributed by atoms with Crippen LogP contribution < -0.4 is 10.3 Å². The van der Waals surface area contributed by atoms with E-state index in [1.165, 1.54) is 16.7 Å². The molecule has 1 aromatic carbocycles. The Bertz CT molecular complexity index is 1280. The van der Waals surface area contributed by atoms with Gasteiger partial charge in [0.2, 0.25) is 5.56 Å². The van der Waals surface area contributed by atoms with Gasteiger partial charge in [0.05, 0.1) is 22.9 Å². The average molecular weight is 444 g/mol. The zero-order valence-corrected chi connectivity index (χ0v) is 18.0. The molecule has 0 radical (unpaired) electrons. The number of rotatable bonds is 7. The first-order chi connectivity index (χ1) is 14.7. The molecule has 7 nitrogen and oxygen atoms in total. The van der Waals surface area contributed by atoms with Gasteiger partial charge in [-0.25, -0.2) is 12.8 Å². The summed E-state index contributed by atoms with van der Waals surface area (Å²) < 4.78 is 46.4. The number of halogens is 1. The molecule has 2 heterocycles. The summed E-state index contributed by atoms with van der Waals surface area (Å²) in [4.78, 5) is 20.3. The molecule has 162 valence electrons. The highest BCUT2D eigenvalue weighted by atomic mass is 32.2. The van der Waals surface area contributed by atoms with Crippen molar-refractivity contribution in [3.05, 3.63) is 70.0 Å². The van der Waals surface area contributed by atoms with Gasteiger partial charge in [-0.15, -0.1) is 0 Å². The Morgan fingerprint density at radius 1 is 1.19 bits per heavy atom. The van der Waals surface area contributed by atoms with Crippen LogP contribution in [0.25, 0.3) is 11.3 Å². The third-order valence-corrected chi connectivity index (χ3v) is 6.77. The number of ether oxygens (including phenoxy) is 1. The molecule has 0 N–H and O–H groups in total. The minimum atomic E-state index is -3.37. The normalized spacial score (nSPS) is 13.9. The number of hydrogen-bond acceptors (Lipinski definition) is 6. The molecule has 1 saturated carbocycles. The molecule has 1 aliphatic carbocycles. The lowest BCUT2D eigenvalue weighted by atomic mass is 10.2. The second-order valence-corrected chi connectivity index (χ2v) is 9.99. The fraction of sp³-hybridized carbons (Fsp3) is 0.318. The van der Waals surface area contributed by atoms with Crippen LogP contribution in [-0.4, -0.2) is 28.7 Å². The predicted octanol–water partition coefficient (Wildman–Crippen LogP) is 3.41. The number of hydrogen-bond donors (Lipinski definition) is 0. The van der Waals surface area contributed by atoms with Gasteiger partial charge in [-0.05, 0) is 49.4 Å². The van der Waals surface area contributed by atoms with Crippen LogP contribution in [-0.2, 0) is 22.6 Å². The highest BCUT2D eigenvalue weighted by Crippen LogP contribution is 2.32. The SMILES string of the molecule is Cc1cccc(F)c1Oc1nc(CS(=O)(=O)CC2CC2)cc(-c2ccc(=O)n(C)c2)n1. The molecule has 0 unspecified atom stereocenters. The monoisotopic (exact) mass is 443 g/mol. The first-order valence-electron chi connectivity index (χ1n) is 9.88. The van der Waals surface area contributed by atoms with Gasteiger partial charge in [0, 0.05) is 24.9 Å². The summed E-state index contributed by atoms with van der Waals surface area (Å²) in [6.45, 7) is 1.69. The van der Waals surface area contributed by atoms with E-state index < -0.39 is 15.7 Å². The minimum Gasteiger partial charge on any atom is -0.421 e. The van der Waals surface area contributed by atoms with E-state index in [9.17, 15) is 17.6 Å². The standard InChI is InChI=1S/C22H22FN3O4S/c1-14-4-3-5-18(23)21(14)30-22-24-17(13-31(28,29)12-15-6-7-15)10-19(25-22)16-8-9-20(27)26(2)11-16/h3-5,8-11,15H,6-7,12-13H2,1-2H3. The van der Waals surface area contributed by atoms with Gasteiger partial charge < -0.3 is 9.30 Å². The molecule has 9 heteroatoms. The van der Waals surface area contributed by atoms with Crippen molar-refractivity contribution >= 4 is 9.84 Å². The van der Waals surface area contributed by atoms with E-state index in [1.807, 2.05) is 0 Å². The number of pyridine rings is 1. The second kappa shape index (κ2) is 8.22. The lowest BCUT2D eigenvalue weighted by Crippen LogP contribution is -2.15. The summed E-state index contributed by atoms with van der Waals surface area (Å²) in [5.41, 5.74) is 1.58. The van der Waals surface area contributed by atoms with Crippen LogP contribution in [0.4, 0.5) is 4.39 Å². The Morgan fingerprint density at radius 2 is 1.97 bits per heavy atom. The van der Waals surface area contributed by atoms with Crippen LogP contribution in [0.15, 0.2) is 47.4 Å². The first-order valence-corrected chi connectivity index (χ1v) is 11.7. The third-order valence-electron chi connectivity index (χ3n) is 5.05. The van der Waals surface area contributed by atoms with Crippen LogP contribution in [0.2, 0.25) is 0 Å². The van der Waals surface area contributed by atoms with Gasteiger partial charge in [0.1, 0.15) is 0 Å². The molecule has 0 bridgehead atoms. The van der Waals surface area contributed by atoms with Crippen molar-refractivity contribution in [1.82, 2.24) is 14.5 Å². The summed E-state index contributed by atoms with van der Waals surface area (Å²) in [7, 11) is -1.76. The molecule has 0 aliphatic heterocycles. The molecule has 1 fully saturated rings. The number of benzene rings is 1. The Kier molecular flexibility index (Phi) is 5.62. The summed E-state index contributed by atoms with van der Waals surface area (Å²) in [5, 5.41) is 0. The number of aryl methyl sites for hydroxylation is 2. The van der Waals surface area contributed by atoms with Crippen LogP contribution in [0.1, 0.15) is 24.1 Å². The lowest BCUT2D eigenvalue weighted by Gasteiger charge is -2.12. The molecule has 2 aromatic heterocycles. The average Bonchev–Trinajstić information content (AvgIpc) is 3.49. The summed E-state index contributed by atoms with van der Waals surface area (Å²) in [5.74, 6) is -0.524. The maximum absolute atomic E-state index is 14.3. The van der Waals surface area contributed by atoms with Crippen molar-refractivity contribution in [1.29, 1.82) is 0 Å². The van der Waals surface area contributed by atoms with E-state index in [-0.39, 0.29) is 40.4 Å². The van der Waals surface area contributed by atoms with Gasteiger partial charge in [-0.3, -0.25) is 4.79 Å². The highest BCUT2D eigenvalue weighted by molar-refractivity contribution is 7.90. The van der Waals surface area contributed by atoms with E-state index in [2.05, 4.69) is 9.97 Å². The first kappa shape index (κ1) is 21.2. The summed E-state index contributed by atoms with van der Waals surface area (Å²) >= 11 is 0. The number of sulfone groups is 1. The van der Waals surface area contributed by atoms with E-state index in [4.69, 9.17) is 4.74 Å². The van der Waals surface area contributed by atoms with Crippen molar-refractivity contribution in [2.24, 2.45) is 13.0 Å². The third kappa shape index (κ3) is 5.16. The fourth-order valence-electron chi connectivity index (χ4n) is 3.25.